The van der Waals surface area contributed by atoms with Gasteiger partial charge in [0, 0.05) is 26.2 Å². The van der Waals surface area contributed by atoms with E-state index in [1.54, 1.807) is 32.7 Å². The molecule has 0 amide bonds. The first-order valence-corrected chi connectivity index (χ1v) is 8.13. The topological polar surface area (TPSA) is 61.6 Å². The second kappa shape index (κ2) is 9.00. The number of methoxy groups -OCH3 is 2. The van der Waals surface area contributed by atoms with E-state index in [-0.39, 0.29) is 6.42 Å². The molecule has 0 bridgehead atoms. The molecule has 0 saturated carbocycles. The number of oxazole rings is 1. The van der Waals surface area contributed by atoms with Crippen LogP contribution in [0.15, 0.2) is 46.2 Å². The number of carbonyl (C=O) groups is 1. The lowest BCUT2D eigenvalue weighted by atomic mass is 10.2. The second-order valence-corrected chi connectivity index (χ2v) is 5.73. The Bertz CT molecular complexity index is 765. The predicted molar refractivity (Wildman–Crippen MR) is 94.5 cm³/mol. The van der Waals surface area contributed by atoms with Crippen molar-refractivity contribution in [2.45, 2.75) is 6.42 Å². The molecule has 3 rings (SSSR count). The second-order valence-electron chi connectivity index (χ2n) is 4.78. The minimum atomic E-state index is 0.237. The summed E-state index contributed by atoms with van der Waals surface area (Å²) in [6.07, 6.45) is 1.07. The van der Waals surface area contributed by atoms with Crippen LogP contribution in [-0.4, -0.2) is 32.6 Å². The number of aldehydes is 1. The van der Waals surface area contributed by atoms with Gasteiger partial charge in [-0.2, -0.15) is 0 Å². The molecule has 0 radical (unpaired) electrons. The minimum absolute atomic E-state index is 0.237. The Labute approximate surface area is 144 Å². The van der Waals surface area contributed by atoms with E-state index in [1.165, 1.54) is 0 Å². The van der Waals surface area contributed by atoms with Crippen molar-refractivity contribution in [1.29, 1.82) is 0 Å². The summed E-state index contributed by atoms with van der Waals surface area (Å²) in [6, 6.07) is 11.4. The maximum absolute atomic E-state index is 10.8. The van der Waals surface area contributed by atoms with Gasteiger partial charge in [0.1, 0.15) is 12.0 Å². The monoisotopic (exact) mass is 345 g/mol. The standard InChI is InChI=1S/C16H13NO3S.C2H6O/c1-19-12-5-2-4-11(10-12)16-17-13(7-8-18)15(20-16)14-6-3-9-21-14;1-3-2/h2-6,8-10H,7H2,1H3;1-2H3. The van der Waals surface area contributed by atoms with E-state index < -0.39 is 0 Å². The summed E-state index contributed by atoms with van der Waals surface area (Å²) in [6.45, 7) is 0. The van der Waals surface area contributed by atoms with Crippen LogP contribution in [0.2, 0.25) is 0 Å². The number of hydrogen-bond acceptors (Lipinski definition) is 6. The van der Waals surface area contributed by atoms with Crippen molar-refractivity contribution in [1.82, 2.24) is 4.98 Å². The fourth-order valence-corrected chi connectivity index (χ4v) is 2.78. The Hall–Kier alpha value is -2.44. The third-order valence-electron chi connectivity index (χ3n) is 3.04. The van der Waals surface area contributed by atoms with Crippen LogP contribution in [-0.2, 0) is 16.0 Å². The van der Waals surface area contributed by atoms with Gasteiger partial charge in [-0.05, 0) is 29.6 Å². The highest BCUT2D eigenvalue weighted by molar-refractivity contribution is 7.13. The zero-order valence-corrected chi connectivity index (χ0v) is 14.6. The van der Waals surface area contributed by atoms with Crippen molar-refractivity contribution in [2.75, 3.05) is 21.3 Å². The molecule has 0 aliphatic rings. The van der Waals surface area contributed by atoms with Gasteiger partial charge in [0.05, 0.1) is 17.7 Å². The normalized spacial score (nSPS) is 9.96. The van der Waals surface area contributed by atoms with E-state index >= 15 is 0 Å². The fraction of sp³-hybridized carbons (Fsp3) is 0.222. The number of nitrogens with zero attached hydrogens (tertiary/aromatic N) is 1. The quantitative estimate of drug-likeness (QED) is 0.652. The molecule has 0 N–H and O–H groups in total. The molecule has 5 nitrogen and oxygen atoms in total. The molecule has 0 saturated heterocycles. The van der Waals surface area contributed by atoms with Gasteiger partial charge in [0.2, 0.25) is 5.89 Å². The van der Waals surface area contributed by atoms with Crippen LogP contribution in [0.1, 0.15) is 5.69 Å². The first kappa shape index (κ1) is 17.9. The molecule has 2 aromatic heterocycles. The Balaban J connectivity index is 0.000000647. The van der Waals surface area contributed by atoms with Crippen LogP contribution in [0, 0.1) is 0 Å². The summed E-state index contributed by atoms with van der Waals surface area (Å²) in [4.78, 5) is 16.3. The van der Waals surface area contributed by atoms with Crippen molar-refractivity contribution < 1.29 is 18.7 Å². The molecule has 0 aliphatic heterocycles. The summed E-state index contributed by atoms with van der Waals surface area (Å²) >= 11 is 1.56. The number of carbonyl (C=O) groups excluding carboxylic acids is 1. The van der Waals surface area contributed by atoms with Gasteiger partial charge >= 0.3 is 0 Å². The first-order valence-electron chi connectivity index (χ1n) is 7.25. The van der Waals surface area contributed by atoms with Crippen molar-refractivity contribution in [2.24, 2.45) is 0 Å². The Kier molecular flexibility index (Phi) is 6.72. The van der Waals surface area contributed by atoms with Crippen LogP contribution in [0.25, 0.3) is 22.1 Å². The van der Waals surface area contributed by atoms with Gasteiger partial charge in [-0.25, -0.2) is 4.98 Å². The highest BCUT2D eigenvalue weighted by Gasteiger charge is 2.17. The van der Waals surface area contributed by atoms with Gasteiger partial charge in [-0.3, -0.25) is 0 Å². The van der Waals surface area contributed by atoms with Gasteiger partial charge in [0.25, 0.3) is 0 Å². The summed E-state index contributed by atoms with van der Waals surface area (Å²) in [5, 5.41) is 1.97. The highest BCUT2D eigenvalue weighted by Crippen LogP contribution is 2.33. The first-order chi connectivity index (χ1) is 11.7. The molecule has 2 heterocycles. The highest BCUT2D eigenvalue weighted by atomic mass is 32.1. The van der Waals surface area contributed by atoms with E-state index in [0.717, 1.165) is 22.5 Å². The molecule has 0 unspecified atom stereocenters. The lowest BCUT2D eigenvalue weighted by Crippen LogP contribution is -1.88. The number of thiophene rings is 1. The lowest BCUT2D eigenvalue weighted by Gasteiger charge is -2.00. The maximum atomic E-state index is 10.8. The molecule has 1 aromatic carbocycles. The molecular formula is C18H19NO4S. The molecule has 0 aliphatic carbocycles. The van der Waals surface area contributed by atoms with Crippen LogP contribution in [0.4, 0.5) is 0 Å². The zero-order valence-electron chi connectivity index (χ0n) is 13.8. The molecule has 0 atom stereocenters. The summed E-state index contributed by atoms with van der Waals surface area (Å²) < 4.78 is 15.3. The molecule has 126 valence electrons. The third kappa shape index (κ3) is 4.31. The van der Waals surface area contributed by atoms with E-state index in [0.29, 0.717) is 17.3 Å². The van der Waals surface area contributed by atoms with E-state index in [2.05, 4.69) is 9.72 Å². The molecule has 3 aromatic rings. The van der Waals surface area contributed by atoms with Crippen LogP contribution in [0.5, 0.6) is 5.75 Å². The third-order valence-corrected chi connectivity index (χ3v) is 3.90. The molecule has 0 spiro atoms. The largest absolute Gasteiger partial charge is 0.497 e. The van der Waals surface area contributed by atoms with Crippen LogP contribution in [0.3, 0.4) is 0 Å². The fourth-order valence-electron chi connectivity index (χ4n) is 2.05. The molecule has 6 heteroatoms. The Morgan fingerprint density at radius 1 is 1.21 bits per heavy atom. The number of rotatable bonds is 5. The van der Waals surface area contributed by atoms with Crippen LogP contribution < -0.4 is 4.74 Å². The van der Waals surface area contributed by atoms with Crippen molar-refractivity contribution in [3.8, 4) is 27.8 Å². The molecular weight excluding hydrogens is 326 g/mol. The number of aromatic nitrogens is 1. The van der Waals surface area contributed by atoms with Gasteiger partial charge in [-0.1, -0.05) is 12.1 Å². The van der Waals surface area contributed by atoms with E-state index in [4.69, 9.17) is 9.15 Å². The van der Waals surface area contributed by atoms with Crippen molar-refractivity contribution >= 4 is 17.6 Å². The SMILES string of the molecule is COC.COc1cccc(-c2nc(CC=O)c(-c3cccs3)o2)c1. The van der Waals surface area contributed by atoms with E-state index in [9.17, 15) is 4.79 Å². The molecule has 0 fully saturated rings. The van der Waals surface area contributed by atoms with Gasteiger partial charge in [0.15, 0.2) is 5.76 Å². The van der Waals surface area contributed by atoms with Crippen LogP contribution >= 0.6 is 11.3 Å². The average molecular weight is 345 g/mol. The summed E-state index contributed by atoms with van der Waals surface area (Å²) in [5.74, 6) is 1.89. The summed E-state index contributed by atoms with van der Waals surface area (Å²) in [7, 11) is 4.86. The zero-order chi connectivity index (χ0) is 17.4. The smallest absolute Gasteiger partial charge is 0.227 e. The predicted octanol–water partition coefficient (Wildman–Crippen LogP) is 4.08. The number of hydrogen-bond donors (Lipinski definition) is 0. The Morgan fingerprint density at radius 3 is 2.62 bits per heavy atom. The van der Waals surface area contributed by atoms with Gasteiger partial charge < -0.3 is 18.7 Å². The number of benzene rings is 1. The van der Waals surface area contributed by atoms with Gasteiger partial charge in [-0.15, -0.1) is 11.3 Å². The minimum Gasteiger partial charge on any atom is -0.497 e. The van der Waals surface area contributed by atoms with Crippen molar-refractivity contribution in [3.63, 3.8) is 0 Å². The van der Waals surface area contributed by atoms with Crippen molar-refractivity contribution in [3.05, 3.63) is 47.5 Å². The summed E-state index contributed by atoms with van der Waals surface area (Å²) in [5.41, 5.74) is 1.48. The number of ether oxygens (including phenoxy) is 2. The maximum Gasteiger partial charge on any atom is 0.227 e. The van der Waals surface area contributed by atoms with E-state index in [1.807, 2.05) is 41.8 Å². The average Bonchev–Trinajstić information content (AvgIpc) is 3.25. The Morgan fingerprint density at radius 2 is 2.00 bits per heavy atom. The molecule has 24 heavy (non-hydrogen) atoms. The lowest BCUT2D eigenvalue weighted by molar-refractivity contribution is -0.107.